The van der Waals surface area contributed by atoms with Crippen LogP contribution < -0.4 is 11.4 Å². The molecule has 0 unspecified atom stereocenters. The second-order valence-corrected chi connectivity index (χ2v) is 6.21. The minimum Gasteiger partial charge on any atom is -0.409 e. The van der Waals surface area contributed by atoms with Crippen LogP contribution in [-0.2, 0) is 12.0 Å². The summed E-state index contributed by atoms with van der Waals surface area (Å²) in [5.74, 6) is 0.467. The first-order valence-corrected chi connectivity index (χ1v) is 6.98. The van der Waals surface area contributed by atoms with Crippen LogP contribution in [0.15, 0.2) is 34.2 Å². The Morgan fingerprint density at radius 1 is 1.32 bits per heavy atom. The van der Waals surface area contributed by atoms with E-state index >= 15 is 0 Å². The van der Waals surface area contributed by atoms with E-state index in [-0.39, 0.29) is 23.5 Å². The van der Waals surface area contributed by atoms with Gasteiger partial charge in [-0.15, -0.1) is 0 Å². The number of nitrogens with zero attached hydrogens (tertiary/aromatic N) is 4. The van der Waals surface area contributed by atoms with Gasteiger partial charge in [-0.05, 0) is 30.0 Å². The van der Waals surface area contributed by atoms with Crippen molar-refractivity contribution in [2.24, 2.45) is 10.9 Å². The lowest BCUT2D eigenvalue weighted by Gasteiger charge is -2.19. The number of amidine groups is 1. The minimum absolute atomic E-state index is 0.0504. The van der Waals surface area contributed by atoms with Crippen LogP contribution in [0.25, 0.3) is 5.69 Å². The molecule has 0 atom stereocenters. The fourth-order valence-corrected chi connectivity index (χ4v) is 2.21. The average molecular weight is 303 g/mol. The van der Waals surface area contributed by atoms with E-state index in [2.05, 4.69) is 31.0 Å². The average Bonchev–Trinajstić information content (AvgIpc) is 2.72. The summed E-state index contributed by atoms with van der Waals surface area (Å²) in [6, 6.07) is 7.79. The number of oxime groups is 1. The van der Waals surface area contributed by atoms with Crippen LogP contribution in [0.1, 0.15) is 32.2 Å². The molecule has 0 aliphatic rings. The number of hydrogen-bond acceptors (Lipinski definition) is 4. The van der Waals surface area contributed by atoms with E-state index in [0.29, 0.717) is 5.82 Å². The maximum atomic E-state index is 12.4. The molecule has 1 aromatic carbocycles. The van der Waals surface area contributed by atoms with E-state index in [1.165, 1.54) is 14.8 Å². The van der Waals surface area contributed by atoms with Crippen LogP contribution >= 0.6 is 0 Å². The Morgan fingerprint density at radius 2 is 1.91 bits per heavy atom. The molecule has 0 radical (unpaired) electrons. The molecule has 2 aromatic rings. The molecule has 0 saturated heterocycles. The molecule has 1 heterocycles. The number of benzene rings is 1. The Morgan fingerprint density at radius 3 is 2.41 bits per heavy atom. The minimum atomic E-state index is -0.326. The van der Waals surface area contributed by atoms with Gasteiger partial charge in [0.15, 0.2) is 5.84 Å². The van der Waals surface area contributed by atoms with Crippen molar-refractivity contribution >= 4 is 5.84 Å². The molecule has 0 bridgehead atoms. The molecule has 2 rings (SSSR count). The van der Waals surface area contributed by atoms with E-state index in [1.54, 1.807) is 6.92 Å². The third kappa shape index (κ3) is 3.03. The summed E-state index contributed by atoms with van der Waals surface area (Å²) in [6.07, 6.45) is 0. The highest BCUT2D eigenvalue weighted by molar-refractivity contribution is 5.79. The van der Waals surface area contributed by atoms with Gasteiger partial charge in [0.1, 0.15) is 12.4 Å². The second kappa shape index (κ2) is 5.67. The molecule has 22 heavy (non-hydrogen) atoms. The lowest BCUT2D eigenvalue weighted by Crippen LogP contribution is -2.30. The first-order chi connectivity index (χ1) is 10.2. The van der Waals surface area contributed by atoms with Crippen molar-refractivity contribution in [1.82, 2.24) is 14.3 Å². The molecule has 0 fully saturated rings. The summed E-state index contributed by atoms with van der Waals surface area (Å²) in [5, 5.41) is 15.6. The molecule has 0 aliphatic heterocycles. The number of hydrogen-bond donors (Lipinski definition) is 2. The van der Waals surface area contributed by atoms with Crippen molar-refractivity contribution in [3.05, 3.63) is 46.1 Å². The summed E-state index contributed by atoms with van der Waals surface area (Å²) in [4.78, 5) is 12.4. The molecule has 0 spiro atoms. The summed E-state index contributed by atoms with van der Waals surface area (Å²) in [7, 11) is 0. The fraction of sp³-hybridized carbons (Fsp3) is 0.400. The molecule has 118 valence electrons. The van der Waals surface area contributed by atoms with Gasteiger partial charge in [0.05, 0.1) is 5.69 Å². The number of aromatic nitrogens is 3. The predicted molar refractivity (Wildman–Crippen MR) is 84.7 cm³/mol. The predicted octanol–water partition coefficient (Wildman–Crippen LogP) is 1.39. The Bertz CT molecular complexity index is 748. The Kier molecular flexibility index (Phi) is 4.07. The smallest absolute Gasteiger partial charge is 0.350 e. The van der Waals surface area contributed by atoms with Gasteiger partial charge in [0.2, 0.25) is 0 Å². The van der Waals surface area contributed by atoms with Crippen LogP contribution in [0.2, 0.25) is 0 Å². The normalized spacial score (nSPS) is 12.6. The van der Waals surface area contributed by atoms with Gasteiger partial charge in [-0.1, -0.05) is 38.1 Å². The lowest BCUT2D eigenvalue weighted by molar-refractivity contribution is 0.316. The fourth-order valence-electron chi connectivity index (χ4n) is 2.21. The standard InChI is InChI=1S/C15H21N5O2/c1-10-17-19(9-13(16)18-22)14(21)20(10)12-7-5-11(6-8-12)15(2,3)4/h5-8,22H,9H2,1-4H3,(H2,16,18). The zero-order chi connectivity index (χ0) is 16.5. The van der Waals surface area contributed by atoms with Crippen LogP contribution in [-0.4, -0.2) is 25.4 Å². The van der Waals surface area contributed by atoms with Crippen molar-refractivity contribution in [2.75, 3.05) is 0 Å². The first-order valence-electron chi connectivity index (χ1n) is 6.98. The largest absolute Gasteiger partial charge is 0.409 e. The van der Waals surface area contributed by atoms with Gasteiger partial charge in [-0.25, -0.2) is 14.0 Å². The topological polar surface area (TPSA) is 98.4 Å². The third-order valence-corrected chi connectivity index (χ3v) is 3.43. The number of aryl methyl sites for hydroxylation is 1. The second-order valence-electron chi connectivity index (χ2n) is 6.21. The molecule has 1 aromatic heterocycles. The molecule has 0 amide bonds. The third-order valence-electron chi connectivity index (χ3n) is 3.43. The molecule has 3 N–H and O–H groups in total. The summed E-state index contributed by atoms with van der Waals surface area (Å²) >= 11 is 0. The SMILES string of the molecule is Cc1nn(C/C(N)=N/O)c(=O)n1-c1ccc(C(C)(C)C)cc1. The van der Waals surface area contributed by atoms with Crippen molar-refractivity contribution in [2.45, 2.75) is 39.7 Å². The summed E-state index contributed by atoms with van der Waals surface area (Å²) < 4.78 is 2.67. The monoisotopic (exact) mass is 303 g/mol. The van der Waals surface area contributed by atoms with Crippen molar-refractivity contribution < 1.29 is 5.21 Å². The van der Waals surface area contributed by atoms with Gasteiger partial charge >= 0.3 is 5.69 Å². The van der Waals surface area contributed by atoms with Crippen LogP contribution in [0.5, 0.6) is 0 Å². The van der Waals surface area contributed by atoms with E-state index < -0.39 is 0 Å². The molecule has 0 aliphatic carbocycles. The highest BCUT2D eigenvalue weighted by atomic mass is 16.4. The Hall–Kier alpha value is -2.57. The first kappa shape index (κ1) is 15.8. The molecular weight excluding hydrogens is 282 g/mol. The summed E-state index contributed by atoms with van der Waals surface area (Å²) in [6.45, 7) is 8.09. The van der Waals surface area contributed by atoms with Crippen LogP contribution in [0.4, 0.5) is 0 Å². The van der Waals surface area contributed by atoms with Gasteiger partial charge in [0, 0.05) is 0 Å². The van der Waals surface area contributed by atoms with Crippen LogP contribution in [0, 0.1) is 6.92 Å². The summed E-state index contributed by atoms with van der Waals surface area (Å²) in [5.41, 5.74) is 7.08. The Labute approximate surface area is 128 Å². The van der Waals surface area contributed by atoms with E-state index in [1.807, 2.05) is 24.3 Å². The number of rotatable bonds is 3. The van der Waals surface area contributed by atoms with Gasteiger partial charge in [0.25, 0.3) is 0 Å². The number of nitrogens with two attached hydrogens (primary N) is 1. The highest BCUT2D eigenvalue weighted by Gasteiger charge is 2.16. The highest BCUT2D eigenvalue weighted by Crippen LogP contribution is 2.23. The zero-order valence-corrected chi connectivity index (χ0v) is 13.2. The Balaban J connectivity index is 2.43. The van der Waals surface area contributed by atoms with Gasteiger partial charge < -0.3 is 10.9 Å². The maximum absolute atomic E-state index is 12.4. The van der Waals surface area contributed by atoms with Gasteiger partial charge in [-0.2, -0.15) is 5.10 Å². The van der Waals surface area contributed by atoms with Crippen molar-refractivity contribution in [3.8, 4) is 5.69 Å². The molecule has 7 heteroatoms. The van der Waals surface area contributed by atoms with E-state index in [9.17, 15) is 4.79 Å². The van der Waals surface area contributed by atoms with E-state index in [4.69, 9.17) is 10.9 Å². The quantitative estimate of drug-likeness (QED) is 0.387. The van der Waals surface area contributed by atoms with Crippen molar-refractivity contribution in [3.63, 3.8) is 0 Å². The van der Waals surface area contributed by atoms with Gasteiger partial charge in [-0.3, -0.25) is 0 Å². The lowest BCUT2D eigenvalue weighted by atomic mass is 9.87. The maximum Gasteiger partial charge on any atom is 0.350 e. The van der Waals surface area contributed by atoms with Crippen molar-refractivity contribution in [1.29, 1.82) is 0 Å². The molecular formula is C15H21N5O2. The molecule has 7 nitrogen and oxygen atoms in total. The zero-order valence-electron chi connectivity index (χ0n) is 13.2. The van der Waals surface area contributed by atoms with Crippen LogP contribution in [0.3, 0.4) is 0 Å². The van der Waals surface area contributed by atoms with E-state index in [0.717, 1.165) is 5.69 Å². The molecule has 0 saturated carbocycles.